The Balaban J connectivity index is 4.23. The van der Waals surface area contributed by atoms with Gasteiger partial charge >= 0.3 is 17.9 Å². The monoisotopic (exact) mass is 961 g/mol. The first kappa shape index (κ1) is 65.6. The summed E-state index contributed by atoms with van der Waals surface area (Å²) in [5, 5.41) is 0. The number of esters is 3. The van der Waals surface area contributed by atoms with Gasteiger partial charge in [-0.2, -0.15) is 0 Å². The third kappa shape index (κ3) is 55.4. The minimum absolute atomic E-state index is 0.0816. The highest BCUT2D eigenvalue weighted by molar-refractivity contribution is 5.71. The summed E-state index contributed by atoms with van der Waals surface area (Å²) in [4.78, 5) is 38.0. The third-order valence-corrected chi connectivity index (χ3v) is 12.4. The zero-order chi connectivity index (χ0) is 50.0. The molecule has 0 aliphatic carbocycles. The molecule has 0 heterocycles. The number of rotatable bonds is 52. The zero-order valence-electron chi connectivity index (χ0n) is 45.3. The Morgan fingerprint density at radius 2 is 0.565 bits per heavy atom. The molecule has 0 N–H and O–H groups in total. The van der Waals surface area contributed by atoms with Crippen molar-refractivity contribution in [1.29, 1.82) is 0 Å². The molecular weight excluding hydrogens is 853 g/mol. The van der Waals surface area contributed by atoms with Crippen molar-refractivity contribution < 1.29 is 28.6 Å². The molecule has 1 unspecified atom stereocenters. The molecule has 0 fully saturated rings. The largest absolute Gasteiger partial charge is 0.462 e. The molecule has 0 bridgehead atoms. The highest BCUT2D eigenvalue weighted by Gasteiger charge is 2.19. The normalized spacial score (nSPS) is 12.7. The van der Waals surface area contributed by atoms with E-state index in [1.807, 2.05) is 0 Å². The fraction of sp³-hybridized carbons (Fsp3) is 0.730. The smallest absolute Gasteiger partial charge is 0.306 e. The Labute approximate surface area is 426 Å². The quantitative estimate of drug-likeness (QED) is 0.0262. The van der Waals surface area contributed by atoms with Crippen molar-refractivity contribution in [2.75, 3.05) is 13.2 Å². The van der Waals surface area contributed by atoms with Gasteiger partial charge in [0.2, 0.25) is 0 Å². The Hall–Kier alpha value is -3.41. The average molecular weight is 962 g/mol. The highest BCUT2D eigenvalue weighted by atomic mass is 16.6. The topological polar surface area (TPSA) is 78.9 Å². The molecule has 0 aliphatic rings. The van der Waals surface area contributed by atoms with E-state index in [4.69, 9.17) is 14.2 Å². The van der Waals surface area contributed by atoms with Crippen LogP contribution in [0, 0.1) is 0 Å². The van der Waals surface area contributed by atoms with Gasteiger partial charge in [0, 0.05) is 19.3 Å². The maximum absolute atomic E-state index is 12.8. The summed E-state index contributed by atoms with van der Waals surface area (Å²) in [5.74, 6) is -0.899. The molecule has 1 atom stereocenters. The van der Waals surface area contributed by atoms with Crippen LogP contribution in [0.3, 0.4) is 0 Å². The van der Waals surface area contributed by atoms with Crippen LogP contribution in [0.25, 0.3) is 0 Å². The van der Waals surface area contributed by atoms with Gasteiger partial charge < -0.3 is 14.2 Å². The van der Waals surface area contributed by atoms with Crippen LogP contribution in [0.1, 0.15) is 278 Å². The Morgan fingerprint density at radius 1 is 0.304 bits per heavy atom. The van der Waals surface area contributed by atoms with Gasteiger partial charge in [0.25, 0.3) is 0 Å². The molecule has 0 saturated heterocycles. The van der Waals surface area contributed by atoms with Crippen molar-refractivity contribution in [2.45, 2.75) is 284 Å². The van der Waals surface area contributed by atoms with Crippen LogP contribution in [0.4, 0.5) is 0 Å². The maximum Gasteiger partial charge on any atom is 0.306 e. The van der Waals surface area contributed by atoms with Crippen LogP contribution >= 0.6 is 0 Å². The first-order valence-electron chi connectivity index (χ1n) is 29.1. The van der Waals surface area contributed by atoms with Gasteiger partial charge in [-0.3, -0.25) is 14.4 Å². The maximum atomic E-state index is 12.8. The minimum atomic E-state index is -0.782. The van der Waals surface area contributed by atoms with E-state index in [1.54, 1.807) is 0 Å². The van der Waals surface area contributed by atoms with Crippen molar-refractivity contribution in [2.24, 2.45) is 0 Å². The molecule has 6 heteroatoms. The zero-order valence-corrected chi connectivity index (χ0v) is 45.3. The lowest BCUT2D eigenvalue weighted by Gasteiger charge is -2.18. The lowest BCUT2D eigenvalue weighted by atomic mass is 10.1. The Kier molecular flexibility index (Phi) is 54.3. The molecule has 0 aromatic carbocycles. The van der Waals surface area contributed by atoms with E-state index in [1.165, 1.54) is 128 Å². The fourth-order valence-electron chi connectivity index (χ4n) is 8.03. The number of hydrogen-bond donors (Lipinski definition) is 0. The molecule has 0 aliphatic heterocycles. The first-order valence-corrected chi connectivity index (χ1v) is 29.1. The third-order valence-electron chi connectivity index (χ3n) is 12.4. The van der Waals surface area contributed by atoms with Crippen LogP contribution in [-0.2, 0) is 28.6 Å². The van der Waals surface area contributed by atoms with E-state index in [9.17, 15) is 14.4 Å². The number of carbonyl (C=O) groups excluding carboxylic acids is 3. The molecule has 0 radical (unpaired) electrons. The number of carbonyl (C=O) groups is 3. The second-order valence-corrected chi connectivity index (χ2v) is 19.2. The van der Waals surface area contributed by atoms with Gasteiger partial charge in [-0.25, -0.2) is 0 Å². The van der Waals surface area contributed by atoms with Crippen LogP contribution < -0.4 is 0 Å². The summed E-state index contributed by atoms with van der Waals surface area (Å²) in [7, 11) is 0. The lowest BCUT2D eigenvalue weighted by Crippen LogP contribution is -2.30. The van der Waals surface area contributed by atoms with Crippen molar-refractivity contribution in [1.82, 2.24) is 0 Å². The Bertz CT molecular complexity index is 1330. The second kappa shape index (κ2) is 57.2. The SMILES string of the molecule is CC/C=C\C/C=C\C/C=C\C/C=C\CCCCCCCCCCC(=O)OC(COC(=O)CCCCCCCCC)COC(=O)CCCCCCCCCC/C=C\C/C=C\C/C=C\CCCCCCC. The predicted molar refractivity (Wildman–Crippen MR) is 297 cm³/mol. The van der Waals surface area contributed by atoms with Crippen molar-refractivity contribution >= 4 is 17.9 Å². The van der Waals surface area contributed by atoms with E-state index in [0.717, 1.165) is 109 Å². The van der Waals surface area contributed by atoms with Crippen LogP contribution in [0.15, 0.2) is 85.1 Å². The molecule has 0 aromatic heterocycles. The predicted octanol–water partition coefficient (Wildman–Crippen LogP) is 19.5. The van der Waals surface area contributed by atoms with E-state index in [2.05, 4.69) is 106 Å². The number of allylic oxidation sites excluding steroid dienone is 14. The van der Waals surface area contributed by atoms with E-state index >= 15 is 0 Å². The van der Waals surface area contributed by atoms with Crippen LogP contribution in [0.2, 0.25) is 0 Å². The lowest BCUT2D eigenvalue weighted by molar-refractivity contribution is -0.167. The molecule has 0 spiro atoms. The number of unbranched alkanes of at least 4 members (excludes halogenated alkanes) is 27. The van der Waals surface area contributed by atoms with Crippen LogP contribution in [0.5, 0.6) is 0 Å². The summed E-state index contributed by atoms with van der Waals surface area (Å²) < 4.78 is 16.8. The van der Waals surface area contributed by atoms with Gasteiger partial charge in [-0.15, -0.1) is 0 Å². The second-order valence-electron chi connectivity index (χ2n) is 19.2. The van der Waals surface area contributed by atoms with Crippen molar-refractivity contribution in [3.63, 3.8) is 0 Å². The van der Waals surface area contributed by atoms with Crippen LogP contribution in [-0.4, -0.2) is 37.2 Å². The van der Waals surface area contributed by atoms with Gasteiger partial charge in [-0.05, 0) is 96.3 Å². The standard InChI is InChI=1S/C63H108O6/c1-4-7-10-13-16-18-20-22-24-26-28-30-31-33-34-36-38-40-42-44-47-50-53-56-62(65)68-59-60(58-67-61(64)55-52-49-46-15-12-9-6-3)69-63(66)57-54-51-48-45-43-41-39-37-35-32-29-27-25-23-21-19-17-14-11-8-5-2/h8,11,17,19-20,22-23,25-26,28-29,31-33,60H,4-7,9-10,12-16,18,21,24,27,30,34-59H2,1-3H3/b11-8-,19-17-,22-20-,25-23-,28-26-,32-29-,33-31-. The van der Waals surface area contributed by atoms with E-state index < -0.39 is 6.10 Å². The average Bonchev–Trinajstić information content (AvgIpc) is 3.35. The first-order chi connectivity index (χ1) is 34.0. The molecule has 69 heavy (non-hydrogen) atoms. The van der Waals surface area contributed by atoms with Crippen molar-refractivity contribution in [3.8, 4) is 0 Å². The van der Waals surface area contributed by atoms with Gasteiger partial charge in [0.15, 0.2) is 6.10 Å². The Morgan fingerprint density at radius 3 is 0.884 bits per heavy atom. The van der Waals surface area contributed by atoms with Gasteiger partial charge in [0.05, 0.1) is 0 Å². The summed E-state index contributed by atoms with van der Waals surface area (Å²) >= 11 is 0. The summed E-state index contributed by atoms with van der Waals surface area (Å²) in [6.07, 6.45) is 74.5. The summed E-state index contributed by atoms with van der Waals surface area (Å²) in [5.41, 5.74) is 0. The molecule has 0 amide bonds. The van der Waals surface area contributed by atoms with Crippen molar-refractivity contribution in [3.05, 3.63) is 85.1 Å². The van der Waals surface area contributed by atoms with Gasteiger partial charge in [-0.1, -0.05) is 247 Å². The fourth-order valence-corrected chi connectivity index (χ4v) is 8.03. The number of ether oxygens (including phenoxy) is 3. The molecule has 0 rings (SSSR count). The minimum Gasteiger partial charge on any atom is -0.462 e. The highest BCUT2D eigenvalue weighted by Crippen LogP contribution is 2.15. The summed E-state index contributed by atoms with van der Waals surface area (Å²) in [6.45, 7) is 6.47. The van der Waals surface area contributed by atoms with E-state index in [0.29, 0.717) is 19.3 Å². The summed E-state index contributed by atoms with van der Waals surface area (Å²) in [6, 6.07) is 0. The molecule has 6 nitrogen and oxygen atoms in total. The molecular formula is C63H108O6. The number of hydrogen-bond acceptors (Lipinski definition) is 6. The molecule has 0 aromatic rings. The molecule has 396 valence electrons. The molecule has 0 saturated carbocycles. The van der Waals surface area contributed by atoms with Gasteiger partial charge in [0.1, 0.15) is 13.2 Å². The van der Waals surface area contributed by atoms with E-state index in [-0.39, 0.29) is 31.1 Å².